The van der Waals surface area contributed by atoms with Crippen molar-refractivity contribution in [2.75, 3.05) is 13.2 Å². The molecule has 1 saturated heterocycles. The maximum absolute atomic E-state index is 12.9. The number of nitrogens with one attached hydrogen (secondary N) is 1. The lowest BCUT2D eigenvalue weighted by Gasteiger charge is -2.34. The minimum Gasteiger partial charge on any atom is -0.313 e. The summed E-state index contributed by atoms with van der Waals surface area (Å²) in [6.07, 6.45) is 4.88. The monoisotopic (exact) mass is 356 g/mol. The number of imide groups is 2. The molecule has 1 aromatic rings. The first-order valence-electron chi connectivity index (χ1n) is 9.65. The lowest BCUT2D eigenvalue weighted by molar-refractivity contribution is -0.923. The molecule has 1 N–H and O–H groups in total. The van der Waals surface area contributed by atoms with E-state index in [1.807, 2.05) is 12.1 Å². The second-order valence-electron chi connectivity index (χ2n) is 7.87. The molecule has 3 aliphatic rings. The first-order chi connectivity index (χ1) is 12.6. The molecule has 26 heavy (non-hydrogen) atoms. The maximum Gasteiger partial charge on any atom is 0.338 e. The van der Waals surface area contributed by atoms with Crippen molar-refractivity contribution in [1.82, 2.24) is 9.80 Å². The van der Waals surface area contributed by atoms with E-state index >= 15 is 0 Å². The molecule has 1 unspecified atom stereocenters. The van der Waals surface area contributed by atoms with Gasteiger partial charge in [0, 0.05) is 18.0 Å². The highest BCUT2D eigenvalue weighted by molar-refractivity contribution is 6.44. The Morgan fingerprint density at radius 3 is 2.54 bits per heavy atom. The van der Waals surface area contributed by atoms with Crippen molar-refractivity contribution in [3.05, 3.63) is 35.4 Å². The molecule has 3 atom stereocenters. The van der Waals surface area contributed by atoms with E-state index in [0.29, 0.717) is 0 Å². The Hall–Kier alpha value is -2.21. The van der Waals surface area contributed by atoms with E-state index in [9.17, 15) is 14.4 Å². The topological polar surface area (TPSA) is 62.1 Å². The third-order valence-corrected chi connectivity index (χ3v) is 6.17. The van der Waals surface area contributed by atoms with Crippen molar-refractivity contribution in [2.45, 2.75) is 51.6 Å². The molecule has 2 aliphatic heterocycles. The molecule has 6 heteroatoms. The highest BCUT2D eigenvalue weighted by Crippen LogP contribution is 2.31. The molecule has 0 bridgehead atoms. The lowest BCUT2D eigenvalue weighted by Crippen LogP contribution is -3.13. The minimum atomic E-state index is -0.654. The first kappa shape index (κ1) is 17.2. The van der Waals surface area contributed by atoms with Gasteiger partial charge in [-0.3, -0.25) is 14.5 Å². The highest BCUT2D eigenvalue weighted by Gasteiger charge is 2.50. The summed E-state index contributed by atoms with van der Waals surface area (Å²) in [5, 5.41) is 0. The average molecular weight is 356 g/mol. The highest BCUT2D eigenvalue weighted by atomic mass is 16.2. The molecule has 0 spiro atoms. The summed E-state index contributed by atoms with van der Waals surface area (Å²) >= 11 is 0. The number of rotatable bonds is 3. The fourth-order valence-corrected chi connectivity index (χ4v) is 4.64. The minimum absolute atomic E-state index is 0.130. The van der Waals surface area contributed by atoms with Crippen LogP contribution in [0.1, 0.15) is 43.7 Å². The lowest BCUT2D eigenvalue weighted by atomic mass is 9.85. The van der Waals surface area contributed by atoms with Crippen molar-refractivity contribution in [2.24, 2.45) is 5.92 Å². The Labute approximate surface area is 153 Å². The fraction of sp³-hybridized carbons (Fsp3) is 0.550. The number of urea groups is 1. The van der Waals surface area contributed by atoms with Crippen molar-refractivity contribution in [3.8, 4) is 0 Å². The van der Waals surface area contributed by atoms with Crippen molar-refractivity contribution >= 4 is 17.8 Å². The van der Waals surface area contributed by atoms with Gasteiger partial charge in [-0.15, -0.1) is 0 Å². The van der Waals surface area contributed by atoms with E-state index in [1.54, 1.807) is 0 Å². The van der Waals surface area contributed by atoms with Gasteiger partial charge in [0.25, 0.3) is 0 Å². The third-order valence-electron chi connectivity index (χ3n) is 6.17. The Morgan fingerprint density at radius 1 is 1.04 bits per heavy atom. The molecular formula is C20H26N3O3+. The van der Waals surface area contributed by atoms with Crippen LogP contribution in [0.15, 0.2) is 24.3 Å². The molecule has 0 aromatic heterocycles. The van der Waals surface area contributed by atoms with E-state index in [-0.39, 0.29) is 18.6 Å². The molecule has 4 rings (SSSR count). The summed E-state index contributed by atoms with van der Waals surface area (Å²) in [4.78, 5) is 41.5. The van der Waals surface area contributed by atoms with Crippen LogP contribution in [0.3, 0.4) is 0 Å². The molecule has 1 aromatic carbocycles. The second-order valence-corrected chi connectivity index (χ2v) is 7.87. The normalized spacial score (nSPS) is 29.3. The number of quaternary nitrogens is 1. The van der Waals surface area contributed by atoms with Crippen LogP contribution in [0.25, 0.3) is 0 Å². The SMILES string of the molecule is C[C@H]1CCCC[C@@H]1N1C(=O)C(=O)N(C[NH+]2CCc3ccccc3C2)C1=O. The Bertz CT molecular complexity index is 748. The van der Waals surface area contributed by atoms with Gasteiger partial charge in [-0.25, -0.2) is 9.69 Å². The summed E-state index contributed by atoms with van der Waals surface area (Å²) < 4.78 is 0. The van der Waals surface area contributed by atoms with Gasteiger partial charge in [0.15, 0.2) is 6.67 Å². The van der Waals surface area contributed by atoms with Crippen LogP contribution in [0.5, 0.6) is 0 Å². The van der Waals surface area contributed by atoms with Crippen LogP contribution in [0, 0.1) is 5.92 Å². The van der Waals surface area contributed by atoms with Crippen LogP contribution in [0.4, 0.5) is 4.79 Å². The number of carbonyl (C=O) groups excluding carboxylic acids is 3. The van der Waals surface area contributed by atoms with Crippen LogP contribution < -0.4 is 4.90 Å². The quantitative estimate of drug-likeness (QED) is 0.648. The number of nitrogens with zero attached hydrogens (tertiary/aromatic N) is 2. The largest absolute Gasteiger partial charge is 0.338 e. The van der Waals surface area contributed by atoms with E-state index in [0.717, 1.165) is 50.1 Å². The summed E-state index contributed by atoms with van der Waals surface area (Å²) in [6, 6.07) is 7.75. The molecule has 138 valence electrons. The fourth-order valence-electron chi connectivity index (χ4n) is 4.64. The van der Waals surface area contributed by atoms with Crippen molar-refractivity contribution < 1.29 is 19.3 Å². The van der Waals surface area contributed by atoms with E-state index in [1.165, 1.54) is 20.9 Å². The Balaban J connectivity index is 1.48. The van der Waals surface area contributed by atoms with Gasteiger partial charge in [-0.05, 0) is 24.3 Å². The van der Waals surface area contributed by atoms with Crippen LogP contribution in [-0.2, 0) is 22.6 Å². The van der Waals surface area contributed by atoms with E-state index in [2.05, 4.69) is 19.1 Å². The van der Waals surface area contributed by atoms with E-state index in [4.69, 9.17) is 0 Å². The summed E-state index contributed by atoms with van der Waals surface area (Å²) in [5.74, 6) is -1.02. The first-order valence-corrected chi connectivity index (χ1v) is 9.65. The summed E-state index contributed by atoms with van der Waals surface area (Å²) in [5.41, 5.74) is 2.60. The molecule has 4 amide bonds. The number of hydrogen-bond acceptors (Lipinski definition) is 3. The molecule has 1 aliphatic carbocycles. The van der Waals surface area contributed by atoms with Gasteiger partial charge in [-0.2, -0.15) is 0 Å². The number of fused-ring (bicyclic) bond motifs is 1. The standard InChI is InChI=1S/C20H25N3O3/c1-14-6-2-5-9-17(14)23-19(25)18(24)22(20(23)26)13-21-11-10-15-7-3-4-8-16(15)12-21/h3-4,7-8,14,17H,2,5-6,9-13H2,1H3/p+1/t14-,17-/m0/s1. The Kier molecular flexibility index (Phi) is 4.53. The van der Waals surface area contributed by atoms with Gasteiger partial charge >= 0.3 is 17.8 Å². The zero-order valence-corrected chi connectivity index (χ0v) is 15.2. The smallest absolute Gasteiger partial charge is 0.313 e. The summed E-state index contributed by atoms with van der Waals surface area (Å²) in [7, 11) is 0. The van der Waals surface area contributed by atoms with Gasteiger partial charge in [0.2, 0.25) is 0 Å². The predicted octanol–water partition coefficient (Wildman–Crippen LogP) is 0.955. The predicted molar refractivity (Wildman–Crippen MR) is 95.1 cm³/mol. The zero-order valence-electron chi connectivity index (χ0n) is 15.2. The van der Waals surface area contributed by atoms with Crippen molar-refractivity contribution in [1.29, 1.82) is 0 Å². The second kappa shape index (κ2) is 6.83. The maximum atomic E-state index is 12.9. The number of carbonyl (C=O) groups is 3. The van der Waals surface area contributed by atoms with Gasteiger partial charge in [0.05, 0.1) is 6.54 Å². The summed E-state index contributed by atoms with van der Waals surface area (Å²) in [6.45, 7) is 3.99. The van der Waals surface area contributed by atoms with Gasteiger partial charge in [0.1, 0.15) is 6.54 Å². The number of hydrogen-bond donors (Lipinski definition) is 1. The molecule has 0 radical (unpaired) electrons. The molecule has 6 nitrogen and oxygen atoms in total. The molecule has 1 saturated carbocycles. The van der Waals surface area contributed by atoms with Gasteiger partial charge in [-0.1, -0.05) is 44.0 Å². The van der Waals surface area contributed by atoms with Crippen LogP contribution in [0.2, 0.25) is 0 Å². The molecular weight excluding hydrogens is 330 g/mol. The molecule has 2 fully saturated rings. The third kappa shape index (κ3) is 2.92. The van der Waals surface area contributed by atoms with Crippen molar-refractivity contribution in [3.63, 3.8) is 0 Å². The van der Waals surface area contributed by atoms with Gasteiger partial charge < -0.3 is 4.90 Å². The zero-order chi connectivity index (χ0) is 18.3. The Morgan fingerprint density at radius 2 is 1.77 bits per heavy atom. The number of amides is 4. The number of benzene rings is 1. The van der Waals surface area contributed by atoms with Crippen LogP contribution in [-0.4, -0.2) is 46.9 Å². The van der Waals surface area contributed by atoms with Crippen LogP contribution >= 0.6 is 0 Å². The average Bonchev–Trinajstić information content (AvgIpc) is 2.86. The van der Waals surface area contributed by atoms with E-state index < -0.39 is 17.8 Å². The molecule has 2 heterocycles.